The molecule has 1 aromatic carbocycles. The average molecular weight is 434 g/mol. The Labute approximate surface area is 186 Å². The molecule has 0 bridgehead atoms. The Morgan fingerprint density at radius 2 is 1.91 bits per heavy atom. The normalized spacial score (nSPS) is 16.4. The molecule has 0 unspecified atom stereocenters. The number of piperazine rings is 1. The lowest BCUT2D eigenvalue weighted by Crippen LogP contribution is -2.47. The highest BCUT2D eigenvalue weighted by Crippen LogP contribution is 2.39. The van der Waals surface area contributed by atoms with Crippen LogP contribution in [0.25, 0.3) is 10.9 Å². The third-order valence-corrected chi connectivity index (χ3v) is 6.21. The van der Waals surface area contributed by atoms with Crippen molar-refractivity contribution in [1.29, 1.82) is 0 Å². The van der Waals surface area contributed by atoms with E-state index >= 15 is 0 Å². The first-order valence-electron chi connectivity index (χ1n) is 11.1. The molecule has 3 aromatic rings. The molecule has 2 N–H and O–H groups in total. The van der Waals surface area contributed by atoms with E-state index in [9.17, 15) is 9.59 Å². The van der Waals surface area contributed by atoms with Gasteiger partial charge in [-0.05, 0) is 44.0 Å². The smallest absolute Gasteiger partial charge is 0.343 e. The first-order valence-corrected chi connectivity index (χ1v) is 11.1. The number of hydrogen-bond acceptors (Lipinski definition) is 7. The number of carbonyl (C=O) groups is 1. The van der Waals surface area contributed by atoms with E-state index in [4.69, 9.17) is 10.5 Å². The number of hydrogen-bond donors (Lipinski definition) is 1. The van der Waals surface area contributed by atoms with E-state index in [1.165, 1.54) is 0 Å². The van der Waals surface area contributed by atoms with Crippen molar-refractivity contribution in [1.82, 2.24) is 9.55 Å². The topological polar surface area (TPSA) is 93.7 Å². The summed E-state index contributed by atoms with van der Waals surface area (Å²) in [5.74, 6) is 0.398. The van der Waals surface area contributed by atoms with E-state index in [-0.39, 0.29) is 17.6 Å². The van der Waals surface area contributed by atoms with Gasteiger partial charge in [0, 0.05) is 50.0 Å². The van der Waals surface area contributed by atoms with Gasteiger partial charge in [-0.1, -0.05) is 6.07 Å². The molecule has 1 aliphatic carbocycles. The molecule has 2 aromatic heterocycles. The lowest BCUT2D eigenvalue weighted by molar-refractivity contribution is 0.0524. The maximum absolute atomic E-state index is 13.1. The summed E-state index contributed by atoms with van der Waals surface area (Å²) in [6, 6.07) is 9.97. The Bertz CT molecular complexity index is 1210. The van der Waals surface area contributed by atoms with E-state index in [1.54, 1.807) is 19.2 Å². The number of esters is 1. The fraction of sp³-hybridized carbons (Fsp3) is 0.375. The lowest BCUT2D eigenvalue weighted by atomic mass is 10.1. The van der Waals surface area contributed by atoms with Crippen molar-refractivity contribution in [2.24, 2.45) is 0 Å². The average Bonchev–Trinajstić information content (AvgIpc) is 3.66. The van der Waals surface area contributed by atoms with Crippen LogP contribution in [-0.4, -0.2) is 48.3 Å². The molecule has 8 heteroatoms. The van der Waals surface area contributed by atoms with Gasteiger partial charge in [-0.3, -0.25) is 4.79 Å². The van der Waals surface area contributed by atoms with Crippen molar-refractivity contribution >= 4 is 34.1 Å². The SMILES string of the molecule is CCOC(=O)c1cn(C2CC2)c2cc(N3CCN(c4ccccn4)CC3)c(N)cc2c1=O. The number of fused-ring (bicyclic) bond motifs is 1. The number of nitrogens with two attached hydrogens (primary N) is 1. The van der Waals surface area contributed by atoms with Crippen molar-refractivity contribution in [3.63, 3.8) is 0 Å². The van der Waals surface area contributed by atoms with Crippen molar-refractivity contribution < 1.29 is 9.53 Å². The second kappa shape index (κ2) is 8.18. The van der Waals surface area contributed by atoms with Crippen LogP contribution in [0.2, 0.25) is 0 Å². The fourth-order valence-electron chi connectivity index (χ4n) is 4.40. The maximum atomic E-state index is 13.1. The molecule has 0 amide bonds. The molecule has 32 heavy (non-hydrogen) atoms. The Balaban J connectivity index is 1.50. The summed E-state index contributed by atoms with van der Waals surface area (Å²) in [7, 11) is 0. The van der Waals surface area contributed by atoms with Gasteiger partial charge < -0.3 is 24.8 Å². The summed E-state index contributed by atoms with van der Waals surface area (Å²) < 4.78 is 7.16. The van der Waals surface area contributed by atoms with Crippen molar-refractivity contribution in [2.45, 2.75) is 25.8 Å². The molecule has 1 saturated carbocycles. The molecule has 0 atom stereocenters. The van der Waals surface area contributed by atoms with Crippen LogP contribution in [0.5, 0.6) is 0 Å². The fourth-order valence-corrected chi connectivity index (χ4v) is 4.40. The predicted molar refractivity (Wildman–Crippen MR) is 126 cm³/mol. The van der Waals surface area contributed by atoms with E-state index < -0.39 is 5.97 Å². The molecule has 2 aliphatic rings. The minimum atomic E-state index is -0.581. The zero-order valence-corrected chi connectivity index (χ0v) is 18.2. The predicted octanol–water partition coefficient (Wildman–Crippen LogP) is 2.82. The number of aromatic nitrogens is 2. The molecular weight excluding hydrogens is 406 g/mol. The van der Waals surface area contributed by atoms with Crippen LogP contribution >= 0.6 is 0 Å². The second-order valence-electron chi connectivity index (χ2n) is 8.32. The van der Waals surface area contributed by atoms with E-state index in [1.807, 2.05) is 30.5 Å². The van der Waals surface area contributed by atoms with Gasteiger partial charge >= 0.3 is 5.97 Å². The Morgan fingerprint density at radius 3 is 2.56 bits per heavy atom. The third kappa shape index (κ3) is 3.66. The lowest BCUT2D eigenvalue weighted by Gasteiger charge is -2.37. The maximum Gasteiger partial charge on any atom is 0.343 e. The van der Waals surface area contributed by atoms with Gasteiger partial charge in [0.2, 0.25) is 5.43 Å². The minimum absolute atomic E-state index is 0.0716. The number of ether oxygens (including phenoxy) is 1. The quantitative estimate of drug-likeness (QED) is 0.488. The molecule has 1 saturated heterocycles. The number of benzene rings is 1. The standard InChI is InChI=1S/C24H27N5O3/c1-2-32-24(31)18-15-29(16-6-7-16)20-14-21(19(25)13-17(20)23(18)30)27-9-11-28(12-10-27)22-5-3-4-8-26-22/h3-5,8,13-16H,2,6-7,9-12,25H2,1H3. The second-order valence-corrected chi connectivity index (χ2v) is 8.32. The molecule has 0 spiro atoms. The largest absolute Gasteiger partial charge is 0.462 e. The van der Waals surface area contributed by atoms with Crippen molar-refractivity contribution in [3.8, 4) is 0 Å². The third-order valence-electron chi connectivity index (χ3n) is 6.21. The van der Waals surface area contributed by atoms with Crippen molar-refractivity contribution in [2.75, 3.05) is 48.3 Å². The van der Waals surface area contributed by atoms with E-state index in [0.717, 1.165) is 56.0 Å². The molecule has 5 rings (SSSR count). The van der Waals surface area contributed by atoms with Crippen LogP contribution in [0.3, 0.4) is 0 Å². The summed E-state index contributed by atoms with van der Waals surface area (Å²) in [6.07, 6.45) is 5.54. The Morgan fingerprint density at radius 1 is 1.16 bits per heavy atom. The molecule has 2 fully saturated rings. The number of rotatable bonds is 5. The van der Waals surface area contributed by atoms with Crippen LogP contribution in [-0.2, 0) is 4.74 Å². The van der Waals surface area contributed by atoms with Gasteiger partial charge in [0.25, 0.3) is 0 Å². The summed E-state index contributed by atoms with van der Waals surface area (Å²) in [4.78, 5) is 34.4. The number of anilines is 3. The van der Waals surface area contributed by atoms with Gasteiger partial charge in [0.05, 0.1) is 23.5 Å². The molecule has 3 heterocycles. The van der Waals surface area contributed by atoms with Crippen molar-refractivity contribution in [3.05, 3.63) is 58.5 Å². The zero-order chi connectivity index (χ0) is 22.2. The first kappa shape index (κ1) is 20.4. The van der Waals surface area contributed by atoms with E-state index in [2.05, 4.69) is 19.4 Å². The highest BCUT2D eigenvalue weighted by Gasteiger charge is 2.28. The Hall–Kier alpha value is -3.55. The van der Waals surface area contributed by atoms with Gasteiger partial charge in [0.15, 0.2) is 0 Å². The minimum Gasteiger partial charge on any atom is -0.462 e. The van der Waals surface area contributed by atoms with Crippen LogP contribution < -0.4 is 21.0 Å². The van der Waals surface area contributed by atoms with E-state index in [0.29, 0.717) is 17.1 Å². The van der Waals surface area contributed by atoms with Crippen LogP contribution in [0, 0.1) is 0 Å². The summed E-state index contributed by atoms with van der Waals surface area (Å²) >= 11 is 0. The van der Waals surface area contributed by atoms with Gasteiger partial charge in [-0.25, -0.2) is 9.78 Å². The summed E-state index contributed by atoms with van der Waals surface area (Å²) in [5.41, 5.74) is 8.47. The zero-order valence-electron chi connectivity index (χ0n) is 18.2. The summed E-state index contributed by atoms with van der Waals surface area (Å²) in [6.45, 7) is 5.25. The van der Waals surface area contributed by atoms with Crippen LogP contribution in [0.15, 0.2) is 47.5 Å². The highest BCUT2D eigenvalue weighted by atomic mass is 16.5. The molecule has 0 radical (unpaired) electrons. The molecule has 166 valence electrons. The van der Waals surface area contributed by atoms with Crippen LogP contribution in [0.4, 0.5) is 17.2 Å². The summed E-state index contributed by atoms with van der Waals surface area (Å²) in [5, 5.41) is 0.468. The number of nitrogen functional groups attached to an aromatic ring is 1. The number of pyridine rings is 2. The van der Waals surface area contributed by atoms with Gasteiger partial charge in [-0.2, -0.15) is 0 Å². The number of carbonyl (C=O) groups excluding carboxylic acids is 1. The van der Waals surface area contributed by atoms with Gasteiger partial charge in [-0.15, -0.1) is 0 Å². The Kier molecular flexibility index (Phi) is 5.20. The van der Waals surface area contributed by atoms with Gasteiger partial charge in [0.1, 0.15) is 11.4 Å². The first-order chi connectivity index (χ1) is 15.6. The van der Waals surface area contributed by atoms with Crippen LogP contribution in [0.1, 0.15) is 36.2 Å². The monoisotopic (exact) mass is 433 g/mol. The molecule has 1 aliphatic heterocycles. The highest BCUT2D eigenvalue weighted by molar-refractivity contribution is 5.96. The molecule has 8 nitrogen and oxygen atoms in total. The molecular formula is C24H27N5O3. The number of nitrogens with zero attached hydrogens (tertiary/aromatic N) is 4.